The number of aromatic amines is 1. The Morgan fingerprint density at radius 1 is 1.50 bits per heavy atom. The number of aryl methyl sites for hydroxylation is 1. The topological polar surface area (TPSA) is 87.0 Å². The fraction of sp³-hybridized carbons (Fsp3) is 0.312. The van der Waals surface area contributed by atoms with E-state index in [1.54, 1.807) is 11.0 Å². The maximum absolute atomic E-state index is 11.7. The summed E-state index contributed by atoms with van der Waals surface area (Å²) in [5, 5.41) is 15.6. The first-order chi connectivity index (χ1) is 11.5. The number of carboxylic acid groups (broad SMARTS) is 1. The maximum atomic E-state index is 11.7. The van der Waals surface area contributed by atoms with Crippen LogP contribution in [0.1, 0.15) is 17.1 Å². The van der Waals surface area contributed by atoms with Gasteiger partial charge in [0.25, 0.3) is 0 Å². The van der Waals surface area contributed by atoms with Crippen LogP contribution in [-0.4, -0.2) is 41.8 Å². The van der Waals surface area contributed by atoms with Gasteiger partial charge in [-0.2, -0.15) is 5.10 Å². The lowest BCUT2D eigenvalue weighted by atomic mass is 10.0. The van der Waals surface area contributed by atoms with Crippen molar-refractivity contribution in [3.05, 3.63) is 46.6 Å². The molecule has 8 heteroatoms. The van der Waals surface area contributed by atoms with E-state index in [0.29, 0.717) is 24.5 Å². The first kappa shape index (κ1) is 15.2. The van der Waals surface area contributed by atoms with Gasteiger partial charge in [0.1, 0.15) is 6.04 Å². The zero-order valence-corrected chi connectivity index (χ0v) is 13.8. The van der Waals surface area contributed by atoms with Crippen molar-refractivity contribution < 1.29 is 9.90 Å². The number of halogens is 1. The quantitative estimate of drug-likeness (QED) is 0.757. The largest absolute Gasteiger partial charge is 0.480 e. The standard InChI is InChI=1S/C16H16ClN5O2/c1-21-13-4-2-3-9(17)15(13)12(20-21)7-22-6-11-10(18-8-19-11)5-14(22)16(23)24/h2-4,8,14H,5-7H2,1H3,(H,18,19)(H,23,24)/t14-/m0/s1. The third-order valence-electron chi connectivity index (χ3n) is 4.53. The number of aromatic nitrogens is 4. The third-order valence-corrected chi connectivity index (χ3v) is 4.85. The summed E-state index contributed by atoms with van der Waals surface area (Å²) in [7, 11) is 1.86. The van der Waals surface area contributed by atoms with Gasteiger partial charge in [-0.3, -0.25) is 14.4 Å². The summed E-state index contributed by atoms with van der Waals surface area (Å²) >= 11 is 6.35. The van der Waals surface area contributed by atoms with Crippen molar-refractivity contribution in [2.45, 2.75) is 25.6 Å². The fourth-order valence-corrected chi connectivity index (χ4v) is 3.63. The number of nitrogens with one attached hydrogen (secondary N) is 1. The van der Waals surface area contributed by atoms with Gasteiger partial charge < -0.3 is 10.1 Å². The molecule has 0 saturated carbocycles. The number of imidazole rings is 1. The van der Waals surface area contributed by atoms with Crippen LogP contribution in [0.3, 0.4) is 0 Å². The van der Waals surface area contributed by atoms with Crippen molar-refractivity contribution in [1.29, 1.82) is 0 Å². The molecule has 0 aliphatic carbocycles. The van der Waals surface area contributed by atoms with Gasteiger partial charge in [0.15, 0.2) is 0 Å². The summed E-state index contributed by atoms with van der Waals surface area (Å²) in [5.41, 5.74) is 3.50. The Balaban J connectivity index is 1.73. The predicted octanol–water partition coefficient (Wildman–Crippen LogP) is 1.96. The highest BCUT2D eigenvalue weighted by molar-refractivity contribution is 6.35. The molecule has 3 heterocycles. The first-order valence-corrected chi connectivity index (χ1v) is 8.00. The van der Waals surface area contributed by atoms with Gasteiger partial charge in [0, 0.05) is 31.9 Å². The molecule has 124 valence electrons. The Morgan fingerprint density at radius 3 is 3.12 bits per heavy atom. The lowest BCUT2D eigenvalue weighted by molar-refractivity contribution is -0.144. The van der Waals surface area contributed by atoms with Gasteiger partial charge in [0.2, 0.25) is 0 Å². The van der Waals surface area contributed by atoms with Crippen molar-refractivity contribution in [3.63, 3.8) is 0 Å². The molecule has 1 aliphatic heterocycles. The molecule has 0 saturated heterocycles. The van der Waals surface area contributed by atoms with Crippen molar-refractivity contribution >= 4 is 28.5 Å². The zero-order chi connectivity index (χ0) is 16.8. The normalized spacial score (nSPS) is 18.0. The lowest BCUT2D eigenvalue weighted by Gasteiger charge is -2.31. The van der Waals surface area contributed by atoms with E-state index >= 15 is 0 Å². The fourth-order valence-electron chi connectivity index (χ4n) is 3.35. The molecule has 1 aliphatic rings. The molecule has 24 heavy (non-hydrogen) atoms. The molecule has 0 unspecified atom stereocenters. The van der Waals surface area contributed by atoms with E-state index in [9.17, 15) is 9.90 Å². The van der Waals surface area contributed by atoms with E-state index in [0.717, 1.165) is 28.0 Å². The Kier molecular flexibility index (Phi) is 3.54. The first-order valence-electron chi connectivity index (χ1n) is 7.62. The van der Waals surface area contributed by atoms with Gasteiger partial charge in [-0.15, -0.1) is 0 Å². The highest BCUT2D eigenvalue weighted by atomic mass is 35.5. The minimum Gasteiger partial charge on any atom is -0.480 e. The Morgan fingerprint density at radius 2 is 2.33 bits per heavy atom. The van der Waals surface area contributed by atoms with E-state index in [4.69, 9.17) is 11.6 Å². The highest BCUT2D eigenvalue weighted by Gasteiger charge is 2.33. The van der Waals surface area contributed by atoms with Gasteiger partial charge in [0.05, 0.1) is 33.9 Å². The molecule has 0 spiro atoms. The number of hydrogen-bond donors (Lipinski definition) is 2. The number of benzene rings is 1. The molecule has 2 N–H and O–H groups in total. The summed E-state index contributed by atoms with van der Waals surface area (Å²) in [4.78, 5) is 20.9. The van der Waals surface area contributed by atoms with E-state index in [2.05, 4.69) is 15.1 Å². The summed E-state index contributed by atoms with van der Waals surface area (Å²) in [6.07, 6.45) is 1.99. The van der Waals surface area contributed by atoms with Gasteiger partial charge >= 0.3 is 5.97 Å². The average molecular weight is 346 g/mol. The van der Waals surface area contributed by atoms with Crippen LogP contribution in [0.5, 0.6) is 0 Å². The summed E-state index contributed by atoms with van der Waals surface area (Å²) < 4.78 is 1.78. The second kappa shape index (κ2) is 5.61. The van der Waals surface area contributed by atoms with Gasteiger partial charge in [-0.1, -0.05) is 17.7 Å². The number of rotatable bonds is 3. The van der Waals surface area contributed by atoms with Crippen LogP contribution in [-0.2, 0) is 31.4 Å². The molecule has 0 amide bonds. The number of nitrogens with zero attached hydrogens (tertiary/aromatic N) is 4. The van der Waals surface area contributed by atoms with Crippen molar-refractivity contribution in [3.8, 4) is 0 Å². The van der Waals surface area contributed by atoms with Crippen LogP contribution in [0.15, 0.2) is 24.5 Å². The molecule has 7 nitrogen and oxygen atoms in total. The third kappa shape index (κ3) is 2.37. The number of hydrogen-bond acceptors (Lipinski definition) is 4. The van der Waals surface area contributed by atoms with E-state index in [1.807, 2.05) is 30.1 Å². The maximum Gasteiger partial charge on any atom is 0.321 e. The van der Waals surface area contributed by atoms with Crippen LogP contribution in [0, 0.1) is 0 Å². The van der Waals surface area contributed by atoms with Crippen LogP contribution in [0.4, 0.5) is 0 Å². The van der Waals surface area contributed by atoms with E-state index in [1.165, 1.54) is 0 Å². The molecule has 0 radical (unpaired) electrons. The minimum absolute atomic E-state index is 0.382. The molecular weight excluding hydrogens is 330 g/mol. The van der Waals surface area contributed by atoms with Crippen LogP contribution in [0.25, 0.3) is 10.9 Å². The molecule has 0 bridgehead atoms. The lowest BCUT2D eigenvalue weighted by Crippen LogP contribution is -2.45. The Bertz CT molecular complexity index is 932. The molecule has 1 atom stereocenters. The average Bonchev–Trinajstić information content (AvgIpc) is 3.12. The predicted molar refractivity (Wildman–Crippen MR) is 88.7 cm³/mol. The summed E-state index contributed by atoms with van der Waals surface area (Å²) in [6, 6.07) is 5.04. The monoisotopic (exact) mass is 345 g/mol. The molecule has 3 aromatic rings. The second-order valence-electron chi connectivity index (χ2n) is 6.00. The van der Waals surface area contributed by atoms with Gasteiger partial charge in [-0.05, 0) is 12.1 Å². The molecular formula is C16H16ClN5O2. The molecule has 0 fully saturated rings. The summed E-state index contributed by atoms with van der Waals surface area (Å²) in [5.74, 6) is -0.852. The van der Waals surface area contributed by atoms with Gasteiger partial charge in [-0.25, -0.2) is 4.98 Å². The zero-order valence-electron chi connectivity index (χ0n) is 13.0. The van der Waals surface area contributed by atoms with Crippen molar-refractivity contribution in [1.82, 2.24) is 24.6 Å². The van der Waals surface area contributed by atoms with Crippen molar-refractivity contribution in [2.24, 2.45) is 7.05 Å². The second-order valence-corrected chi connectivity index (χ2v) is 6.40. The molecule has 1 aromatic carbocycles. The number of carboxylic acids is 1. The van der Waals surface area contributed by atoms with Crippen molar-refractivity contribution in [2.75, 3.05) is 0 Å². The number of carbonyl (C=O) groups is 1. The van der Waals surface area contributed by atoms with E-state index < -0.39 is 12.0 Å². The molecule has 2 aromatic heterocycles. The Hall–Kier alpha value is -2.38. The number of H-pyrrole nitrogens is 1. The number of aliphatic carboxylic acids is 1. The van der Waals surface area contributed by atoms with Crippen LogP contribution >= 0.6 is 11.6 Å². The Labute approximate surface area is 142 Å². The van der Waals surface area contributed by atoms with Crippen LogP contribution in [0.2, 0.25) is 5.02 Å². The SMILES string of the molecule is Cn1nc(CN2Cc3[nH]cnc3C[C@H]2C(=O)O)c2c(Cl)cccc21. The molecule has 4 rings (SSSR count). The smallest absolute Gasteiger partial charge is 0.321 e. The van der Waals surface area contributed by atoms with E-state index in [-0.39, 0.29) is 0 Å². The number of fused-ring (bicyclic) bond motifs is 2. The van der Waals surface area contributed by atoms with Crippen LogP contribution < -0.4 is 0 Å². The summed E-state index contributed by atoms with van der Waals surface area (Å²) in [6.45, 7) is 0.908. The highest BCUT2D eigenvalue weighted by Crippen LogP contribution is 2.29. The minimum atomic E-state index is -0.852.